The van der Waals surface area contributed by atoms with Gasteiger partial charge in [-0.1, -0.05) is 52.2 Å². The molecule has 0 atom stereocenters. The number of rotatable bonds is 2. The van der Waals surface area contributed by atoms with Crippen LogP contribution in [0.3, 0.4) is 0 Å². The predicted octanol–water partition coefficient (Wildman–Crippen LogP) is 9.07. The Kier molecular flexibility index (Phi) is 4.94. The van der Waals surface area contributed by atoms with Crippen LogP contribution in [0, 0.1) is 19.3 Å². The summed E-state index contributed by atoms with van der Waals surface area (Å²) in [6.07, 6.45) is 10.1. The van der Waals surface area contributed by atoms with Crippen LogP contribution in [0.25, 0.3) is 49.0 Å². The molecule has 0 amide bonds. The fourth-order valence-electron chi connectivity index (χ4n) is 7.37. The van der Waals surface area contributed by atoms with E-state index in [1.54, 1.807) is 0 Å². The van der Waals surface area contributed by atoms with Crippen LogP contribution >= 0.6 is 0 Å². The molecule has 1 saturated carbocycles. The molecule has 0 saturated heterocycles. The molecule has 2 nitrogen and oxygen atoms in total. The summed E-state index contributed by atoms with van der Waals surface area (Å²) in [6, 6.07) is 17.1. The molecule has 1 aliphatic carbocycles. The molecule has 6 aromatic rings. The Morgan fingerprint density at radius 3 is 2.41 bits per heavy atom. The van der Waals surface area contributed by atoms with Gasteiger partial charge in [-0.15, -0.1) is 0 Å². The fraction of sp³-hybridized carbons (Fsp3) is 0.400. The van der Waals surface area contributed by atoms with Gasteiger partial charge in [0.1, 0.15) is 7.05 Å². The molecule has 0 aliphatic heterocycles. The van der Waals surface area contributed by atoms with Crippen LogP contribution in [-0.4, -0.2) is 4.40 Å². The summed E-state index contributed by atoms with van der Waals surface area (Å²) in [4.78, 5) is 0. The highest BCUT2D eigenvalue weighted by atomic mass is 15.0. The van der Waals surface area contributed by atoms with Crippen molar-refractivity contribution in [1.29, 1.82) is 0 Å². The highest BCUT2D eigenvalue weighted by Gasteiger charge is 2.26. The quantitative estimate of drug-likeness (QED) is 0.131. The molecule has 7 rings (SSSR count). The number of fused-ring (bicyclic) bond motifs is 5. The predicted molar refractivity (Wildman–Crippen MR) is 158 cm³/mol. The monoisotopic (exact) mass is 487 g/mol. The van der Waals surface area contributed by atoms with Crippen molar-refractivity contribution < 1.29 is 4.57 Å². The minimum atomic E-state index is 0.266. The summed E-state index contributed by atoms with van der Waals surface area (Å²) in [5.74, 6) is 0.684. The average Bonchev–Trinajstić information content (AvgIpc) is 3.18. The molecule has 188 valence electrons. The zero-order valence-corrected chi connectivity index (χ0v) is 23.3. The maximum atomic E-state index is 2.62. The highest BCUT2D eigenvalue weighted by molar-refractivity contribution is 6.26. The largest absolute Gasteiger partial charge is 0.307 e. The van der Waals surface area contributed by atoms with E-state index in [9.17, 15) is 0 Å². The molecule has 3 heterocycles. The van der Waals surface area contributed by atoms with E-state index in [2.05, 4.69) is 99.3 Å². The maximum Gasteiger partial charge on any atom is 0.224 e. The van der Waals surface area contributed by atoms with E-state index in [0.29, 0.717) is 5.92 Å². The Labute approximate surface area is 220 Å². The summed E-state index contributed by atoms with van der Waals surface area (Å²) in [5, 5.41) is 7.00. The van der Waals surface area contributed by atoms with E-state index in [1.165, 1.54) is 103 Å². The number of nitrogens with zero attached hydrogens (tertiary/aromatic N) is 2. The lowest BCUT2D eigenvalue weighted by Gasteiger charge is -2.23. The van der Waals surface area contributed by atoms with Gasteiger partial charge in [-0.2, -0.15) is 0 Å². The Morgan fingerprint density at radius 1 is 0.865 bits per heavy atom. The van der Waals surface area contributed by atoms with E-state index in [-0.39, 0.29) is 5.41 Å². The first-order valence-electron chi connectivity index (χ1n) is 14.3. The number of benzene rings is 3. The average molecular weight is 488 g/mol. The van der Waals surface area contributed by atoms with E-state index < -0.39 is 0 Å². The van der Waals surface area contributed by atoms with Gasteiger partial charge in [0.2, 0.25) is 5.52 Å². The fourth-order valence-corrected chi connectivity index (χ4v) is 7.37. The van der Waals surface area contributed by atoms with Gasteiger partial charge in [-0.25, -0.2) is 4.57 Å². The molecule has 0 radical (unpaired) electrons. The molecular formula is C35H39N2+. The zero-order valence-electron chi connectivity index (χ0n) is 23.3. The van der Waals surface area contributed by atoms with Gasteiger partial charge in [0.15, 0.2) is 6.20 Å². The second-order valence-electron chi connectivity index (χ2n) is 13.1. The van der Waals surface area contributed by atoms with Crippen molar-refractivity contribution in [2.75, 3.05) is 0 Å². The third kappa shape index (κ3) is 3.41. The van der Waals surface area contributed by atoms with E-state index in [0.717, 1.165) is 6.42 Å². The van der Waals surface area contributed by atoms with Gasteiger partial charge in [0.05, 0.1) is 27.3 Å². The van der Waals surface area contributed by atoms with Crippen molar-refractivity contribution in [2.24, 2.45) is 12.5 Å². The molecule has 3 aromatic heterocycles. The van der Waals surface area contributed by atoms with Crippen molar-refractivity contribution >= 4 is 49.0 Å². The molecule has 1 aliphatic rings. The molecule has 0 unspecified atom stereocenters. The summed E-state index contributed by atoms with van der Waals surface area (Å²) >= 11 is 0. The lowest BCUT2D eigenvalue weighted by atomic mass is 9.83. The van der Waals surface area contributed by atoms with Crippen LogP contribution in [-0.2, 0) is 13.5 Å². The Balaban J connectivity index is 1.69. The standard InChI is InChI=1S/C35H39N2/c1-21-16-28-27-17-23(20-35(3,4)5)12-13-29(27)37-30-19-26(24-10-8-7-9-11-24)18-25-14-15-36(6)34(32(25)30)31(22(21)2)33(28)37/h12-19,24H,7-11,20H2,1-6H3/q+1. The van der Waals surface area contributed by atoms with Gasteiger partial charge in [0, 0.05) is 16.8 Å². The number of aromatic nitrogens is 2. The topological polar surface area (TPSA) is 8.29 Å². The first-order chi connectivity index (χ1) is 17.7. The summed E-state index contributed by atoms with van der Waals surface area (Å²) in [7, 11) is 2.22. The number of hydrogen-bond donors (Lipinski definition) is 0. The maximum absolute atomic E-state index is 2.62. The minimum absolute atomic E-state index is 0.266. The second kappa shape index (κ2) is 7.93. The first kappa shape index (κ1) is 23.0. The Hall–Kier alpha value is -3.13. The molecule has 0 spiro atoms. The molecule has 3 aromatic carbocycles. The van der Waals surface area contributed by atoms with Gasteiger partial charge < -0.3 is 4.40 Å². The van der Waals surface area contributed by atoms with Gasteiger partial charge in [-0.05, 0) is 96.3 Å². The lowest BCUT2D eigenvalue weighted by molar-refractivity contribution is -0.643. The Bertz CT molecular complexity index is 1840. The number of hydrogen-bond acceptors (Lipinski definition) is 0. The van der Waals surface area contributed by atoms with Crippen LogP contribution in [0.1, 0.15) is 81.0 Å². The summed E-state index contributed by atoms with van der Waals surface area (Å²) in [6.45, 7) is 11.6. The van der Waals surface area contributed by atoms with Crippen LogP contribution < -0.4 is 4.57 Å². The van der Waals surface area contributed by atoms with E-state index in [4.69, 9.17) is 0 Å². The van der Waals surface area contributed by atoms with E-state index in [1.807, 2.05) is 0 Å². The molecular weight excluding hydrogens is 448 g/mol. The molecule has 0 bridgehead atoms. The highest BCUT2D eigenvalue weighted by Crippen LogP contribution is 2.44. The molecule has 1 fully saturated rings. The van der Waals surface area contributed by atoms with Crippen molar-refractivity contribution in [3.63, 3.8) is 0 Å². The molecule has 2 heteroatoms. The second-order valence-corrected chi connectivity index (χ2v) is 13.1. The normalized spacial score (nSPS) is 15.8. The molecule has 37 heavy (non-hydrogen) atoms. The first-order valence-corrected chi connectivity index (χ1v) is 14.3. The number of aryl methyl sites for hydroxylation is 3. The Morgan fingerprint density at radius 2 is 1.65 bits per heavy atom. The van der Waals surface area contributed by atoms with Gasteiger partial charge in [0.25, 0.3) is 0 Å². The van der Waals surface area contributed by atoms with Gasteiger partial charge in [-0.3, -0.25) is 0 Å². The van der Waals surface area contributed by atoms with Crippen LogP contribution in [0.4, 0.5) is 0 Å². The smallest absolute Gasteiger partial charge is 0.224 e. The van der Waals surface area contributed by atoms with Crippen molar-refractivity contribution in [3.8, 4) is 0 Å². The van der Waals surface area contributed by atoms with Crippen LogP contribution in [0.2, 0.25) is 0 Å². The van der Waals surface area contributed by atoms with Crippen molar-refractivity contribution in [3.05, 3.63) is 70.9 Å². The zero-order chi connectivity index (χ0) is 25.6. The van der Waals surface area contributed by atoms with Crippen LogP contribution in [0.15, 0.2) is 48.7 Å². The van der Waals surface area contributed by atoms with Crippen molar-refractivity contribution in [2.45, 2.75) is 79.1 Å². The van der Waals surface area contributed by atoms with E-state index >= 15 is 0 Å². The van der Waals surface area contributed by atoms with Gasteiger partial charge >= 0.3 is 0 Å². The summed E-state index contributed by atoms with van der Waals surface area (Å²) < 4.78 is 4.98. The summed E-state index contributed by atoms with van der Waals surface area (Å²) in [5.41, 5.74) is 11.5. The third-order valence-electron chi connectivity index (χ3n) is 9.16. The third-order valence-corrected chi connectivity index (χ3v) is 9.16. The number of pyridine rings is 2. The SMILES string of the molecule is Cc1cc2c3cc(CC(C)(C)C)ccc3n3c4cc(C5CCCCC5)cc5cc[n+](C)c(c(c1C)c23)c54. The molecule has 0 N–H and O–H groups in total. The van der Waals surface area contributed by atoms with Crippen molar-refractivity contribution in [1.82, 2.24) is 4.40 Å². The lowest BCUT2D eigenvalue weighted by Crippen LogP contribution is -2.29. The van der Waals surface area contributed by atoms with Crippen LogP contribution in [0.5, 0.6) is 0 Å². The minimum Gasteiger partial charge on any atom is -0.307 e.